The molecule has 8 heteroatoms. The summed E-state index contributed by atoms with van der Waals surface area (Å²) in [6, 6.07) is 6.14. The van der Waals surface area contributed by atoms with E-state index in [2.05, 4.69) is 30.8 Å². The smallest absolute Gasteiger partial charge is 0.264 e. The summed E-state index contributed by atoms with van der Waals surface area (Å²) in [6.45, 7) is 1.78. The Kier molecular flexibility index (Phi) is 3.65. The third-order valence-electron chi connectivity index (χ3n) is 2.13. The molecule has 0 amide bonds. The van der Waals surface area contributed by atoms with E-state index in [1.165, 1.54) is 12.1 Å². The van der Waals surface area contributed by atoms with Crippen molar-refractivity contribution in [2.24, 2.45) is 0 Å². The van der Waals surface area contributed by atoms with E-state index < -0.39 is 10.0 Å². The third kappa shape index (κ3) is 2.85. The van der Waals surface area contributed by atoms with Crippen LogP contribution < -0.4 is 4.72 Å². The number of nitrogens with zero attached hydrogens (tertiary/aromatic N) is 1. The molecule has 0 spiro atoms. The Labute approximate surface area is 118 Å². The van der Waals surface area contributed by atoms with Gasteiger partial charge in [0.25, 0.3) is 10.0 Å². The zero-order valence-electron chi connectivity index (χ0n) is 9.24. The van der Waals surface area contributed by atoms with Crippen LogP contribution in [0.3, 0.4) is 0 Å². The maximum atomic E-state index is 12.1. The molecular formula is C10H9BrClN3O2S. The van der Waals surface area contributed by atoms with E-state index in [0.29, 0.717) is 4.47 Å². The van der Waals surface area contributed by atoms with Crippen LogP contribution in [0.15, 0.2) is 33.6 Å². The highest BCUT2D eigenvalue weighted by Gasteiger charge is 2.19. The normalized spacial score (nSPS) is 11.5. The lowest BCUT2D eigenvalue weighted by Crippen LogP contribution is -2.13. The number of aromatic amines is 1. The molecule has 1 aromatic carbocycles. The fourth-order valence-electron chi connectivity index (χ4n) is 1.36. The molecule has 0 bridgehead atoms. The largest absolute Gasteiger partial charge is 0.281 e. The van der Waals surface area contributed by atoms with Crippen LogP contribution >= 0.6 is 27.5 Å². The van der Waals surface area contributed by atoms with E-state index in [0.717, 1.165) is 5.69 Å². The van der Waals surface area contributed by atoms with E-state index in [1.54, 1.807) is 19.1 Å². The third-order valence-corrected chi connectivity index (χ3v) is 4.46. The number of anilines is 1. The van der Waals surface area contributed by atoms with E-state index in [-0.39, 0.29) is 15.7 Å². The molecule has 2 rings (SSSR count). The van der Waals surface area contributed by atoms with Gasteiger partial charge in [0.2, 0.25) is 0 Å². The van der Waals surface area contributed by atoms with Gasteiger partial charge >= 0.3 is 0 Å². The van der Waals surface area contributed by atoms with Crippen LogP contribution in [0.25, 0.3) is 0 Å². The number of rotatable bonds is 3. The Morgan fingerprint density at radius 3 is 2.67 bits per heavy atom. The number of aromatic nitrogens is 2. The van der Waals surface area contributed by atoms with Crippen LogP contribution in [0.4, 0.5) is 5.82 Å². The Bertz CT molecular complexity index is 684. The van der Waals surface area contributed by atoms with Crippen molar-refractivity contribution in [3.05, 3.63) is 39.5 Å². The molecule has 2 aromatic rings. The molecule has 0 saturated heterocycles. The second kappa shape index (κ2) is 4.91. The fraction of sp³-hybridized carbons (Fsp3) is 0.100. The van der Waals surface area contributed by atoms with Gasteiger partial charge in [-0.15, -0.1) is 0 Å². The van der Waals surface area contributed by atoms with Gasteiger partial charge in [0.1, 0.15) is 4.90 Å². The summed E-state index contributed by atoms with van der Waals surface area (Å²) in [6.07, 6.45) is 0. The predicted octanol–water partition coefficient (Wildman–Crippen LogP) is 2.93. The van der Waals surface area contributed by atoms with Crippen LogP contribution in [0.2, 0.25) is 5.02 Å². The Hall–Kier alpha value is -1.05. The van der Waals surface area contributed by atoms with E-state index in [4.69, 9.17) is 11.6 Å². The van der Waals surface area contributed by atoms with Gasteiger partial charge < -0.3 is 0 Å². The Balaban J connectivity index is 2.36. The van der Waals surface area contributed by atoms with Crippen molar-refractivity contribution < 1.29 is 8.42 Å². The highest BCUT2D eigenvalue weighted by molar-refractivity contribution is 9.10. The molecule has 5 nitrogen and oxygen atoms in total. The van der Waals surface area contributed by atoms with Gasteiger partial charge in [-0.2, -0.15) is 5.10 Å². The van der Waals surface area contributed by atoms with Gasteiger partial charge in [-0.1, -0.05) is 27.5 Å². The average Bonchev–Trinajstić information content (AvgIpc) is 2.62. The van der Waals surface area contributed by atoms with Crippen molar-refractivity contribution in [1.82, 2.24) is 10.2 Å². The highest BCUT2D eigenvalue weighted by atomic mass is 79.9. The standard InChI is InChI=1S/C10H9BrClN3O2S/c1-6-4-10(14-13-6)15-18(16,17)9-3-2-7(11)5-8(9)12/h2-5H,1H3,(H2,13,14,15). The average molecular weight is 351 g/mol. The van der Waals surface area contributed by atoms with Crippen LogP contribution in [0.1, 0.15) is 5.69 Å². The monoisotopic (exact) mass is 349 g/mol. The first-order valence-electron chi connectivity index (χ1n) is 4.88. The molecule has 18 heavy (non-hydrogen) atoms. The molecule has 96 valence electrons. The predicted molar refractivity (Wildman–Crippen MR) is 73.3 cm³/mol. The van der Waals surface area contributed by atoms with Crippen LogP contribution in [-0.2, 0) is 10.0 Å². The van der Waals surface area contributed by atoms with Gasteiger partial charge in [-0.05, 0) is 25.1 Å². The number of halogens is 2. The second-order valence-corrected chi connectivity index (χ2v) is 6.59. The summed E-state index contributed by atoms with van der Waals surface area (Å²) < 4.78 is 27.2. The Morgan fingerprint density at radius 2 is 2.11 bits per heavy atom. The fourth-order valence-corrected chi connectivity index (χ4v) is 3.39. The molecule has 0 aliphatic carbocycles. The number of nitrogens with one attached hydrogen (secondary N) is 2. The van der Waals surface area contributed by atoms with Crippen molar-refractivity contribution in [2.45, 2.75) is 11.8 Å². The Morgan fingerprint density at radius 1 is 1.39 bits per heavy atom. The van der Waals surface area contributed by atoms with Crippen LogP contribution in [0, 0.1) is 6.92 Å². The summed E-state index contributed by atoms with van der Waals surface area (Å²) in [4.78, 5) is 0.00743. The minimum absolute atomic E-state index is 0.00743. The molecule has 0 aliphatic heterocycles. The molecule has 0 aliphatic rings. The summed E-state index contributed by atoms with van der Waals surface area (Å²) in [7, 11) is -3.73. The SMILES string of the molecule is Cc1cc(NS(=O)(=O)c2ccc(Br)cc2Cl)n[nH]1. The molecule has 1 aromatic heterocycles. The van der Waals surface area contributed by atoms with E-state index in [9.17, 15) is 8.42 Å². The van der Waals surface area contributed by atoms with Crippen molar-refractivity contribution in [3.8, 4) is 0 Å². The summed E-state index contributed by atoms with van der Waals surface area (Å²) >= 11 is 9.12. The van der Waals surface area contributed by atoms with Gasteiger partial charge in [0.05, 0.1) is 5.02 Å². The second-order valence-electron chi connectivity index (χ2n) is 3.62. The summed E-state index contributed by atoms with van der Waals surface area (Å²) in [5, 5.41) is 6.60. The molecule has 0 fully saturated rings. The van der Waals surface area contributed by atoms with E-state index >= 15 is 0 Å². The van der Waals surface area contributed by atoms with Crippen molar-refractivity contribution >= 4 is 43.4 Å². The molecule has 0 radical (unpaired) electrons. The highest BCUT2D eigenvalue weighted by Crippen LogP contribution is 2.26. The van der Waals surface area contributed by atoms with Gasteiger partial charge in [0, 0.05) is 16.2 Å². The molecule has 0 saturated carbocycles. The van der Waals surface area contributed by atoms with Crippen molar-refractivity contribution in [3.63, 3.8) is 0 Å². The summed E-state index contributed by atoms with van der Waals surface area (Å²) in [5.41, 5.74) is 0.759. The number of sulfonamides is 1. The lowest BCUT2D eigenvalue weighted by molar-refractivity contribution is 0.601. The maximum absolute atomic E-state index is 12.1. The minimum atomic E-state index is -3.73. The number of hydrogen-bond acceptors (Lipinski definition) is 3. The van der Waals surface area contributed by atoms with E-state index in [1.807, 2.05) is 0 Å². The van der Waals surface area contributed by atoms with Crippen molar-refractivity contribution in [1.29, 1.82) is 0 Å². The number of benzene rings is 1. The lowest BCUT2D eigenvalue weighted by atomic mass is 10.4. The topological polar surface area (TPSA) is 74.8 Å². The number of hydrogen-bond donors (Lipinski definition) is 2. The van der Waals surface area contributed by atoms with Gasteiger partial charge in [-0.3, -0.25) is 9.82 Å². The lowest BCUT2D eigenvalue weighted by Gasteiger charge is -2.07. The van der Waals surface area contributed by atoms with Crippen LogP contribution in [-0.4, -0.2) is 18.6 Å². The number of aryl methyl sites for hydroxylation is 1. The van der Waals surface area contributed by atoms with Crippen molar-refractivity contribution in [2.75, 3.05) is 4.72 Å². The molecule has 0 atom stereocenters. The molecule has 1 heterocycles. The molecule has 2 N–H and O–H groups in total. The first-order chi connectivity index (χ1) is 8.38. The zero-order valence-corrected chi connectivity index (χ0v) is 12.4. The van der Waals surface area contributed by atoms with Gasteiger partial charge in [0.15, 0.2) is 5.82 Å². The minimum Gasteiger partial charge on any atom is -0.281 e. The van der Waals surface area contributed by atoms with Gasteiger partial charge in [-0.25, -0.2) is 8.42 Å². The first-order valence-corrected chi connectivity index (χ1v) is 7.54. The maximum Gasteiger partial charge on any atom is 0.264 e. The summed E-state index contributed by atoms with van der Waals surface area (Å²) in [5.74, 6) is 0.228. The molecular weight excluding hydrogens is 342 g/mol. The quantitative estimate of drug-likeness (QED) is 0.893. The molecule has 0 unspecified atom stereocenters. The zero-order chi connectivity index (χ0) is 13.3. The number of H-pyrrole nitrogens is 1. The van der Waals surface area contributed by atoms with Crippen LogP contribution in [0.5, 0.6) is 0 Å². The first kappa shape index (κ1) is 13.4.